The molecule has 136 valence electrons. The summed E-state index contributed by atoms with van der Waals surface area (Å²) in [5.74, 6) is -1.94. The number of hydrogen-bond donors (Lipinski definition) is 1. The van der Waals surface area contributed by atoms with Crippen LogP contribution in [0.25, 0.3) is 10.2 Å². The number of carbonyl (C=O) groups is 1. The Labute approximate surface area is 162 Å². The van der Waals surface area contributed by atoms with Gasteiger partial charge >= 0.3 is 0 Å². The van der Waals surface area contributed by atoms with Gasteiger partial charge in [0, 0.05) is 10.5 Å². The number of benzene rings is 2. The van der Waals surface area contributed by atoms with Crippen molar-refractivity contribution in [1.29, 1.82) is 0 Å². The highest BCUT2D eigenvalue weighted by Gasteiger charge is 2.20. The Morgan fingerprint density at radius 2 is 2.08 bits per heavy atom. The highest BCUT2D eigenvalue weighted by atomic mass is 79.9. The molecule has 8 heteroatoms. The van der Waals surface area contributed by atoms with E-state index in [-0.39, 0.29) is 22.7 Å². The lowest BCUT2D eigenvalue weighted by atomic mass is 10.2. The van der Waals surface area contributed by atoms with Gasteiger partial charge in [-0.1, -0.05) is 12.1 Å². The minimum absolute atomic E-state index is 0.0420. The van der Waals surface area contributed by atoms with Crippen LogP contribution >= 0.6 is 27.3 Å². The number of halogens is 3. The van der Waals surface area contributed by atoms with Crippen molar-refractivity contribution in [1.82, 2.24) is 9.88 Å². The van der Waals surface area contributed by atoms with E-state index in [1.807, 2.05) is 36.1 Å². The summed E-state index contributed by atoms with van der Waals surface area (Å²) in [4.78, 5) is 18.7. The first kappa shape index (κ1) is 18.9. The molecule has 1 N–H and O–H groups in total. The van der Waals surface area contributed by atoms with Gasteiger partial charge in [-0.3, -0.25) is 9.69 Å². The molecule has 0 aliphatic rings. The molecule has 0 aliphatic carbocycles. The summed E-state index contributed by atoms with van der Waals surface area (Å²) in [5, 5.41) is 3.38. The van der Waals surface area contributed by atoms with Crippen LogP contribution in [0.3, 0.4) is 0 Å². The van der Waals surface area contributed by atoms with Crippen LogP contribution in [0.15, 0.2) is 40.9 Å². The second-order valence-electron chi connectivity index (χ2n) is 5.90. The number of aromatic nitrogens is 1. The van der Waals surface area contributed by atoms with Crippen molar-refractivity contribution in [3.63, 3.8) is 0 Å². The Bertz CT molecular complexity index is 907. The maximum absolute atomic E-state index is 13.8. The molecule has 0 saturated heterocycles. The van der Waals surface area contributed by atoms with Gasteiger partial charge in [0.25, 0.3) is 0 Å². The van der Waals surface area contributed by atoms with E-state index in [1.54, 1.807) is 18.4 Å². The van der Waals surface area contributed by atoms with Crippen molar-refractivity contribution in [3.8, 4) is 0 Å². The van der Waals surface area contributed by atoms with Gasteiger partial charge in [-0.15, -0.1) is 11.3 Å². The van der Waals surface area contributed by atoms with Crippen LogP contribution in [-0.2, 0) is 4.79 Å². The molecule has 0 spiro atoms. The SMILES string of the molecule is CC(c1nc2ccccc2s1)N(C)CC(=O)Nc1c(F)cc(F)cc1Br. The summed E-state index contributed by atoms with van der Waals surface area (Å²) in [6.45, 7) is 2.00. The zero-order valence-corrected chi connectivity index (χ0v) is 16.5. The van der Waals surface area contributed by atoms with Crippen molar-refractivity contribution < 1.29 is 13.6 Å². The average molecular weight is 440 g/mol. The summed E-state index contributed by atoms with van der Waals surface area (Å²) in [7, 11) is 1.80. The summed E-state index contributed by atoms with van der Waals surface area (Å²) in [6.07, 6.45) is 0. The van der Waals surface area contributed by atoms with Gasteiger partial charge in [0.05, 0.1) is 28.5 Å². The third-order valence-electron chi connectivity index (χ3n) is 3.99. The number of likely N-dealkylation sites (N-methyl/N-ethyl adjacent to an activating group) is 1. The minimum Gasteiger partial charge on any atom is -0.322 e. The minimum atomic E-state index is -0.827. The summed E-state index contributed by atoms with van der Waals surface area (Å²) < 4.78 is 28.2. The third-order valence-corrected chi connectivity index (χ3v) is 5.83. The number of para-hydroxylation sites is 1. The first-order valence-corrected chi connectivity index (χ1v) is 9.46. The van der Waals surface area contributed by atoms with E-state index < -0.39 is 17.5 Å². The second-order valence-corrected chi connectivity index (χ2v) is 7.82. The Morgan fingerprint density at radius 1 is 1.35 bits per heavy atom. The molecule has 0 fully saturated rings. The molecule has 1 unspecified atom stereocenters. The number of amides is 1. The van der Waals surface area contributed by atoms with Gasteiger partial charge in [0.1, 0.15) is 10.8 Å². The first-order valence-electron chi connectivity index (χ1n) is 7.85. The highest BCUT2D eigenvalue weighted by Crippen LogP contribution is 2.29. The lowest BCUT2D eigenvalue weighted by Gasteiger charge is -2.22. The molecule has 4 nitrogen and oxygen atoms in total. The Hall–Kier alpha value is -1.90. The van der Waals surface area contributed by atoms with E-state index in [0.29, 0.717) is 0 Å². The fourth-order valence-electron chi connectivity index (χ4n) is 2.46. The van der Waals surface area contributed by atoms with E-state index in [0.717, 1.165) is 27.4 Å². The molecular weight excluding hydrogens is 424 g/mol. The number of hydrogen-bond acceptors (Lipinski definition) is 4. The smallest absolute Gasteiger partial charge is 0.238 e. The molecule has 26 heavy (non-hydrogen) atoms. The van der Waals surface area contributed by atoms with E-state index in [4.69, 9.17) is 0 Å². The summed E-state index contributed by atoms with van der Waals surface area (Å²) >= 11 is 4.64. The zero-order chi connectivity index (χ0) is 18.8. The van der Waals surface area contributed by atoms with Crippen LogP contribution < -0.4 is 5.32 Å². The van der Waals surface area contributed by atoms with Gasteiger partial charge in [0.2, 0.25) is 5.91 Å². The average Bonchev–Trinajstić information content (AvgIpc) is 3.01. The molecule has 0 bridgehead atoms. The molecule has 2 aromatic carbocycles. The van der Waals surface area contributed by atoms with Crippen LogP contribution in [0.2, 0.25) is 0 Å². The van der Waals surface area contributed by atoms with E-state index >= 15 is 0 Å². The number of anilines is 1. The third kappa shape index (κ3) is 4.08. The molecule has 0 saturated carbocycles. The van der Waals surface area contributed by atoms with Crippen molar-refractivity contribution in [2.45, 2.75) is 13.0 Å². The van der Waals surface area contributed by atoms with Crippen molar-refractivity contribution in [3.05, 3.63) is 57.5 Å². The van der Waals surface area contributed by atoms with Gasteiger partial charge in [0.15, 0.2) is 5.82 Å². The number of thiazole rings is 1. The standard InChI is InChI=1S/C18H16BrF2N3OS/c1-10(18-22-14-5-3-4-6-15(14)26-18)24(2)9-16(25)23-17-12(19)7-11(20)8-13(17)21/h3-8,10H,9H2,1-2H3,(H,23,25). The number of nitrogens with one attached hydrogen (secondary N) is 1. The normalized spacial score (nSPS) is 12.5. The van der Waals surface area contributed by atoms with Gasteiger partial charge in [-0.25, -0.2) is 13.8 Å². The number of nitrogens with zero attached hydrogens (tertiary/aromatic N) is 2. The lowest BCUT2D eigenvalue weighted by molar-refractivity contribution is -0.117. The van der Waals surface area contributed by atoms with Crippen LogP contribution in [-0.4, -0.2) is 29.4 Å². The molecule has 1 heterocycles. The second kappa shape index (κ2) is 7.77. The quantitative estimate of drug-likeness (QED) is 0.610. The summed E-state index contributed by atoms with van der Waals surface area (Å²) in [6, 6.07) is 9.60. The maximum atomic E-state index is 13.8. The monoisotopic (exact) mass is 439 g/mol. The van der Waals surface area contributed by atoms with Crippen molar-refractivity contribution in [2.75, 3.05) is 18.9 Å². The Morgan fingerprint density at radius 3 is 2.77 bits per heavy atom. The summed E-state index contributed by atoms with van der Waals surface area (Å²) in [5.41, 5.74) is 0.854. The van der Waals surface area contributed by atoms with Crippen molar-refractivity contribution >= 4 is 49.1 Å². The molecule has 1 atom stereocenters. The molecule has 0 aliphatic heterocycles. The van der Waals surface area contributed by atoms with E-state index in [2.05, 4.69) is 26.2 Å². The molecule has 3 rings (SSSR count). The lowest BCUT2D eigenvalue weighted by Crippen LogP contribution is -2.32. The zero-order valence-electron chi connectivity index (χ0n) is 14.1. The van der Waals surface area contributed by atoms with Crippen LogP contribution in [0.1, 0.15) is 18.0 Å². The first-order chi connectivity index (χ1) is 12.3. The predicted octanol–water partition coefficient (Wildman–Crippen LogP) is 4.97. The van der Waals surface area contributed by atoms with Gasteiger partial charge < -0.3 is 5.32 Å². The van der Waals surface area contributed by atoms with Gasteiger partial charge in [-0.05, 0) is 48.1 Å². The van der Waals surface area contributed by atoms with Crippen LogP contribution in [0.5, 0.6) is 0 Å². The molecule has 0 radical (unpaired) electrons. The largest absolute Gasteiger partial charge is 0.322 e. The topological polar surface area (TPSA) is 45.2 Å². The van der Waals surface area contributed by atoms with Crippen LogP contribution in [0, 0.1) is 11.6 Å². The predicted molar refractivity (Wildman–Crippen MR) is 103 cm³/mol. The fourth-order valence-corrected chi connectivity index (χ4v) is 4.05. The maximum Gasteiger partial charge on any atom is 0.238 e. The molecule has 1 aromatic heterocycles. The van der Waals surface area contributed by atoms with Gasteiger partial charge in [-0.2, -0.15) is 0 Å². The van der Waals surface area contributed by atoms with E-state index in [1.165, 1.54) is 0 Å². The molecular formula is C18H16BrF2N3OS. The number of rotatable bonds is 5. The fraction of sp³-hybridized carbons (Fsp3) is 0.222. The number of carbonyl (C=O) groups excluding carboxylic acids is 1. The van der Waals surface area contributed by atoms with Crippen molar-refractivity contribution in [2.24, 2.45) is 0 Å². The van der Waals surface area contributed by atoms with E-state index in [9.17, 15) is 13.6 Å². The number of fused-ring (bicyclic) bond motifs is 1. The molecule has 1 amide bonds. The molecule has 3 aromatic rings. The van der Waals surface area contributed by atoms with Crippen LogP contribution in [0.4, 0.5) is 14.5 Å². The highest BCUT2D eigenvalue weighted by molar-refractivity contribution is 9.10. The Kier molecular flexibility index (Phi) is 5.64. The Balaban J connectivity index is 1.69.